The molecule has 0 spiro atoms. The molecule has 4 aromatic rings. The fourth-order valence-electron chi connectivity index (χ4n) is 3.19. The summed E-state index contributed by atoms with van der Waals surface area (Å²) in [5.41, 5.74) is 3.51. The molecule has 0 aliphatic carbocycles. The summed E-state index contributed by atoms with van der Waals surface area (Å²) in [5.74, 6) is -1.10. The molecule has 30 heavy (non-hydrogen) atoms. The highest BCUT2D eigenvalue weighted by molar-refractivity contribution is 6.03. The molecule has 1 N–H and O–H groups in total. The summed E-state index contributed by atoms with van der Waals surface area (Å²) >= 11 is 0. The van der Waals surface area contributed by atoms with Crippen LogP contribution in [0, 0.1) is 6.92 Å². The molecule has 0 radical (unpaired) electrons. The maximum Gasteiger partial charge on any atom is 0.359 e. The van der Waals surface area contributed by atoms with Gasteiger partial charge in [-0.05, 0) is 37.6 Å². The van der Waals surface area contributed by atoms with Crippen molar-refractivity contribution < 1.29 is 14.3 Å². The Labute approximate surface area is 173 Å². The Morgan fingerprint density at radius 2 is 1.70 bits per heavy atom. The topological polar surface area (TPSA) is 94.1 Å². The van der Waals surface area contributed by atoms with E-state index in [-0.39, 0.29) is 5.69 Å². The van der Waals surface area contributed by atoms with Gasteiger partial charge in [0.15, 0.2) is 11.8 Å². The minimum absolute atomic E-state index is 0.0603. The van der Waals surface area contributed by atoms with E-state index in [1.54, 1.807) is 25.1 Å². The maximum atomic E-state index is 12.8. The first-order valence-corrected chi connectivity index (χ1v) is 9.65. The molecule has 0 saturated heterocycles. The maximum absolute atomic E-state index is 12.8. The first-order chi connectivity index (χ1) is 14.5. The highest BCUT2D eigenvalue weighted by Gasteiger charge is 2.24. The summed E-state index contributed by atoms with van der Waals surface area (Å²) in [5, 5.41) is 3.69. The average Bonchev–Trinajstić information content (AvgIpc) is 2.76. The number of aromatic nitrogens is 3. The third-order valence-corrected chi connectivity index (χ3v) is 4.67. The van der Waals surface area contributed by atoms with E-state index in [2.05, 4.69) is 20.3 Å². The van der Waals surface area contributed by atoms with Crippen LogP contribution in [0.4, 0.5) is 5.69 Å². The lowest BCUT2D eigenvalue weighted by Crippen LogP contribution is -2.32. The van der Waals surface area contributed by atoms with Gasteiger partial charge in [0, 0.05) is 11.1 Å². The van der Waals surface area contributed by atoms with Crippen molar-refractivity contribution in [2.75, 3.05) is 5.32 Å². The number of hydrogen-bond acceptors (Lipinski definition) is 6. The third kappa shape index (κ3) is 3.96. The largest absolute Gasteiger partial charge is 0.447 e. The van der Waals surface area contributed by atoms with Crippen LogP contribution in [0.15, 0.2) is 60.8 Å². The molecule has 1 atom stereocenters. The van der Waals surface area contributed by atoms with E-state index in [9.17, 15) is 9.59 Å². The van der Waals surface area contributed by atoms with Crippen LogP contribution >= 0.6 is 0 Å². The van der Waals surface area contributed by atoms with Gasteiger partial charge in [0.05, 0.1) is 28.4 Å². The number of fused-ring (bicyclic) bond motifs is 2. The van der Waals surface area contributed by atoms with Gasteiger partial charge in [-0.25, -0.2) is 9.78 Å². The van der Waals surface area contributed by atoms with Crippen LogP contribution in [0.1, 0.15) is 29.5 Å². The number of pyridine rings is 1. The van der Waals surface area contributed by atoms with Crippen molar-refractivity contribution in [2.24, 2.45) is 0 Å². The quantitative estimate of drug-likeness (QED) is 0.508. The van der Waals surface area contributed by atoms with Gasteiger partial charge in [-0.1, -0.05) is 37.3 Å². The van der Waals surface area contributed by atoms with E-state index < -0.39 is 18.0 Å². The summed E-state index contributed by atoms with van der Waals surface area (Å²) in [4.78, 5) is 38.4. The number of carbonyl (C=O) groups excluding carboxylic acids is 2. The van der Waals surface area contributed by atoms with Gasteiger partial charge < -0.3 is 10.1 Å². The number of esters is 1. The molecule has 0 saturated carbocycles. The first kappa shape index (κ1) is 19.4. The van der Waals surface area contributed by atoms with Gasteiger partial charge in [0.25, 0.3) is 5.91 Å². The Balaban J connectivity index is 1.53. The van der Waals surface area contributed by atoms with Crippen LogP contribution in [-0.4, -0.2) is 32.9 Å². The Hall–Kier alpha value is -3.87. The zero-order valence-electron chi connectivity index (χ0n) is 16.6. The molecule has 2 aromatic heterocycles. The molecule has 1 unspecified atom stereocenters. The number of benzene rings is 2. The fraction of sp³-hybridized carbons (Fsp3) is 0.174. The summed E-state index contributed by atoms with van der Waals surface area (Å²) in [6.07, 6.45) is 0.716. The molecule has 7 heteroatoms. The smallest absolute Gasteiger partial charge is 0.359 e. The molecule has 2 aromatic carbocycles. The van der Waals surface area contributed by atoms with E-state index in [0.717, 1.165) is 16.6 Å². The SMILES string of the molecule is CCC(OC(=O)c1cnc2ccccc2n1)C(=O)Nc1cc(C)nc2ccccc12. The number of carbonyl (C=O) groups is 2. The highest BCUT2D eigenvalue weighted by atomic mass is 16.5. The van der Waals surface area contributed by atoms with Crippen molar-refractivity contribution >= 4 is 39.5 Å². The van der Waals surface area contributed by atoms with Crippen molar-refractivity contribution in [3.63, 3.8) is 0 Å². The summed E-state index contributed by atoms with van der Waals surface area (Å²) in [6, 6.07) is 16.6. The molecular weight excluding hydrogens is 380 g/mol. The number of amides is 1. The molecule has 1 amide bonds. The number of nitrogens with zero attached hydrogens (tertiary/aromatic N) is 3. The Morgan fingerprint density at radius 1 is 1.00 bits per heavy atom. The molecular formula is C23H20N4O3. The van der Waals surface area contributed by atoms with Gasteiger partial charge in [0.1, 0.15) is 0 Å². The van der Waals surface area contributed by atoms with Crippen molar-refractivity contribution in [3.8, 4) is 0 Å². The lowest BCUT2D eigenvalue weighted by molar-refractivity contribution is -0.124. The van der Waals surface area contributed by atoms with E-state index in [4.69, 9.17) is 4.74 Å². The van der Waals surface area contributed by atoms with Gasteiger partial charge in [-0.3, -0.25) is 14.8 Å². The average molecular weight is 400 g/mol. The van der Waals surface area contributed by atoms with Gasteiger partial charge in [-0.2, -0.15) is 0 Å². The van der Waals surface area contributed by atoms with Crippen molar-refractivity contribution in [1.29, 1.82) is 0 Å². The van der Waals surface area contributed by atoms with Crippen LogP contribution in [0.3, 0.4) is 0 Å². The lowest BCUT2D eigenvalue weighted by atomic mass is 10.1. The van der Waals surface area contributed by atoms with Crippen LogP contribution in [0.25, 0.3) is 21.9 Å². The van der Waals surface area contributed by atoms with E-state index in [1.165, 1.54) is 6.20 Å². The summed E-state index contributed by atoms with van der Waals surface area (Å²) in [6.45, 7) is 3.64. The first-order valence-electron chi connectivity index (χ1n) is 9.65. The number of ether oxygens (including phenoxy) is 1. The van der Waals surface area contributed by atoms with Gasteiger partial charge in [0.2, 0.25) is 0 Å². The predicted octanol–water partition coefficient (Wildman–Crippen LogP) is 4.06. The second-order valence-electron chi connectivity index (χ2n) is 6.86. The van der Waals surface area contributed by atoms with Crippen LogP contribution in [0.5, 0.6) is 0 Å². The summed E-state index contributed by atoms with van der Waals surface area (Å²) in [7, 11) is 0. The molecule has 7 nitrogen and oxygen atoms in total. The molecule has 4 rings (SSSR count). The Bertz CT molecular complexity index is 1260. The van der Waals surface area contributed by atoms with E-state index >= 15 is 0 Å². The van der Waals surface area contributed by atoms with Crippen LogP contribution < -0.4 is 5.32 Å². The molecule has 0 aliphatic heterocycles. The van der Waals surface area contributed by atoms with E-state index in [0.29, 0.717) is 23.1 Å². The number of para-hydroxylation sites is 3. The molecule has 0 bridgehead atoms. The monoisotopic (exact) mass is 400 g/mol. The van der Waals surface area contributed by atoms with Crippen molar-refractivity contribution in [3.05, 3.63) is 72.2 Å². The fourth-order valence-corrected chi connectivity index (χ4v) is 3.19. The molecule has 0 fully saturated rings. The predicted molar refractivity (Wildman–Crippen MR) is 114 cm³/mol. The Morgan fingerprint density at radius 3 is 2.47 bits per heavy atom. The number of nitrogens with one attached hydrogen (secondary N) is 1. The second-order valence-corrected chi connectivity index (χ2v) is 6.86. The Kier molecular flexibility index (Phi) is 5.34. The van der Waals surface area contributed by atoms with Crippen LogP contribution in [0.2, 0.25) is 0 Å². The van der Waals surface area contributed by atoms with Gasteiger partial charge in [-0.15, -0.1) is 0 Å². The van der Waals surface area contributed by atoms with Gasteiger partial charge >= 0.3 is 5.97 Å². The minimum atomic E-state index is -0.960. The third-order valence-electron chi connectivity index (χ3n) is 4.67. The number of hydrogen-bond donors (Lipinski definition) is 1. The number of rotatable bonds is 5. The minimum Gasteiger partial charge on any atom is -0.447 e. The normalized spacial score (nSPS) is 11.9. The lowest BCUT2D eigenvalue weighted by Gasteiger charge is -2.17. The van der Waals surface area contributed by atoms with Crippen LogP contribution in [-0.2, 0) is 9.53 Å². The van der Waals surface area contributed by atoms with Crippen molar-refractivity contribution in [1.82, 2.24) is 15.0 Å². The number of aryl methyl sites for hydroxylation is 1. The molecule has 2 heterocycles. The highest BCUT2D eigenvalue weighted by Crippen LogP contribution is 2.23. The molecule has 150 valence electrons. The second kappa shape index (κ2) is 8.24. The van der Waals surface area contributed by atoms with Crippen molar-refractivity contribution in [2.45, 2.75) is 26.4 Å². The zero-order valence-corrected chi connectivity index (χ0v) is 16.6. The van der Waals surface area contributed by atoms with E-state index in [1.807, 2.05) is 43.3 Å². The summed E-state index contributed by atoms with van der Waals surface area (Å²) < 4.78 is 5.44. The number of anilines is 1. The zero-order chi connectivity index (χ0) is 21.1. The standard InChI is InChI=1S/C23H20N4O3/c1-3-21(30-23(29)20-13-24-17-10-6-7-11-18(17)26-20)22(28)27-19-12-14(2)25-16-9-5-4-8-15(16)19/h4-13,21H,3H2,1-2H3,(H,25,27,28). The molecule has 0 aliphatic rings.